The molecule has 0 aromatic carbocycles. The van der Waals surface area contributed by atoms with Crippen LogP contribution in [0.5, 0.6) is 0 Å². The van der Waals surface area contributed by atoms with Crippen molar-refractivity contribution in [2.45, 2.75) is 92.7 Å². The van der Waals surface area contributed by atoms with Crippen LogP contribution in [0.15, 0.2) is 0 Å². The van der Waals surface area contributed by atoms with E-state index in [0.29, 0.717) is 6.04 Å². The minimum atomic E-state index is 0.714. The van der Waals surface area contributed by atoms with Gasteiger partial charge in [0, 0.05) is 12.1 Å². The van der Waals surface area contributed by atoms with Crippen LogP contribution in [-0.2, 0) is 0 Å². The molecule has 3 unspecified atom stereocenters. The molecule has 3 atom stereocenters. The molecule has 120 valence electrons. The topological polar surface area (TPSA) is 12.0 Å². The Hall–Kier alpha value is -0.0400. The fraction of sp³-hybridized carbons (Fsp3) is 1.00. The molecule has 1 aliphatic rings. The van der Waals surface area contributed by atoms with Gasteiger partial charge in [-0.3, -0.25) is 0 Å². The Morgan fingerprint density at radius 3 is 1.90 bits per heavy atom. The van der Waals surface area contributed by atoms with Gasteiger partial charge in [-0.1, -0.05) is 54.9 Å². The molecule has 0 bridgehead atoms. The zero-order valence-corrected chi connectivity index (χ0v) is 15.1. The molecule has 0 heterocycles. The van der Waals surface area contributed by atoms with Gasteiger partial charge < -0.3 is 5.32 Å². The van der Waals surface area contributed by atoms with Gasteiger partial charge in [-0.05, 0) is 55.3 Å². The maximum Gasteiger partial charge on any atom is 0.0103 e. The van der Waals surface area contributed by atoms with E-state index in [1.54, 1.807) is 0 Å². The maximum atomic E-state index is 4.08. The first-order valence-electron chi connectivity index (χ1n) is 9.05. The Balaban J connectivity index is 2.66. The van der Waals surface area contributed by atoms with E-state index in [1.807, 2.05) is 0 Å². The van der Waals surface area contributed by atoms with Crippen LogP contribution in [0.4, 0.5) is 0 Å². The molecule has 0 aliphatic heterocycles. The lowest BCUT2D eigenvalue weighted by molar-refractivity contribution is 0.149. The van der Waals surface area contributed by atoms with Crippen LogP contribution in [0.2, 0.25) is 0 Å². The second-order valence-electron chi connectivity index (χ2n) is 8.56. The monoisotopic (exact) mass is 281 g/mol. The van der Waals surface area contributed by atoms with Gasteiger partial charge in [0.1, 0.15) is 0 Å². The smallest absolute Gasteiger partial charge is 0.0103 e. The van der Waals surface area contributed by atoms with E-state index in [9.17, 15) is 0 Å². The standard InChI is InChI=1S/C19H39N/c1-13(2)10-17(11-14(3)4)20-19-12-16(7)8-9-18(19)15(5)6/h13-20H,8-12H2,1-7H3. The minimum absolute atomic E-state index is 0.714. The number of rotatable bonds is 7. The van der Waals surface area contributed by atoms with E-state index in [1.165, 1.54) is 32.1 Å². The van der Waals surface area contributed by atoms with E-state index in [2.05, 4.69) is 53.8 Å². The summed E-state index contributed by atoms with van der Waals surface area (Å²) in [5, 5.41) is 4.08. The fourth-order valence-electron chi connectivity index (χ4n) is 4.07. The van der Waals surface area contributed by atoms with Crippen LogP contribution in [0.1, 0.15) is 80.6 Å². The molecule has 0 aromatic heterocycles. The molecule has 0 aromatic rings. The molecule has 1 nitrogen and oxygen atoms in total. The minimum Gasteiger partial charge on any atom is -0.311 e. The maximum absolute atomic E-state index is 4.08. The van der Waals surface area contributed by atoms with Gasteiger partial charge in [-0.2, -0.15) is 0 Å². The highest BCUT2D eigenvalue weighted by molar-refractivity contribution is 4.88. The highest BCUT2D eigenvalue weighted by Gasteiger charge is 2.32. The lowest BCUT2D eigenvalue weighted by Crippen LogP contribution is -2.48. The molecule has 0 spiro atoms. The normalized spacial score (nSPS) is 28.1. The first kappa shape index (κ1) is 18.0. The Morgan fingerprint density at radius 2 is 1.45 bits per heavy atom. The summed E-state index contributed by atoms with van der Waals surface area (Å²) in [6.07, 6.45) is 6.89. The van der Waals surface area contributed by atoms with Crippen molar-refractivity contribution in [1.82, 2.24) is 5.32 Å². The second kappa shape index (κ2) is 8.41. The Kier molecular flexibility index (Phi) is 7.58. The number of nitrogens with one attached hydrogen (secondary N) is 1. The molecule has 0 amide bonds. The number of hydrogen-bond acceptors (Lipinski definition) is 1. The van der Waals surface area contributed by atoms with Gasteiger partial charge in [0.25, 0.3) is 0 Å². The summed E-state index contributed by atoms with van der Waals surface area (Å²) in [6.45, 7) is 16.7. The van der Waals surface area contributed by atoms with Crippen LogP contribution in [0, 0.1) is 29.6 Å². The summed E-state index contributed by atoms with van der Waals surface area (Å²) in [5.74, 6) is 4.20. The van der Waals surface area contributed by atoms with Gasteiger partial charge in [-0.15, -0.1) is 0 Å². The second-order valence-corrected chi connectivity index (χ2v) is 8.56. The Morgan fingerprint density at radius 1 is 0.900 bits per heavy atom. The molecule has 1 aliphatic carbocycles. The van der Waals surface area contributed by atoms with Crippen LogP contribution >= 0.6 is 0 Å². The highest BCUT2D eigenvalue weighted by Crippen LogP contribution is 2.34. The predicted molar refractivity (Wildman–Crippen MR) is 91.0 cm³/mol. The highest BCUT2D eigenvalue weighted by atomic mass is 15.0. The molecule has 0 saturated heterocycles. The molecular weight excluding hydrogens is 242 g/mol. The van der Waals surface area contributed by atoms with Crippen LogP contribution in [0.25, 0.3) is 0 Å². The van der Waals surface area contributed by atoms with Gasteiger partial charge in [0.15, 0.2) is 0 Å². The third-order valence-corrected chi connectivity index (χ3v) is 4.98. The van der Waals surface area contributed by atoms with Crippen molar-refractivity contribution in [3.63, 3.8) is 0 Å². The largest absolute Gasteiger partial charge is 0.311 e. The zero-order chi connectivity index (χ0) is 15.3. The average Bonchev–Trinajstić information content (AvgIpc) is 2.26. The predicted octanol–water partition coefficient (Wildman–Crippen LogP) is 5.50. The Bertz CT molecular complexity index is 246. The summed E-state index contributed by atoms with van der Waals surface area (Å²) in [7, 11) is 0. The molecule has 1 N–H and O–H groups in total. The first-order chi connectivity index (χ1) is 9.29. The van der Waals surface area contributed by atoms with Gasteiger partial charge in [0.05, 0.1) is 0 Å². The van der Waals surface area contributed by atoms with Crippen LogP contribution in [-0.4, -0.2) is 12.1 Å². The lowest BCUT2D eigenvalue weighted by Gasteiger charge is -2.40. The van der Waals surface area contributed by atoms with E-state index in [-0.39, 0.29) is 0 Å². The van der Waals surface area contributed by atoms with Crippen molar-refractivity contribution in [2.75, 3.05) is 0 Å². The van der Waals surface area contributed by atoms with Gasteiger partial charge in [-0.25, -0.2) is 0 Å². The zero-order valence-electron chi connectivity index (χ0n) is 15.1. The third kappa shape index (κ3) is 6.16. The molecule has 0 radical (unpaired) electrons. The summed E-state index contributed by atoms with van der Waals surface area (Å²) in [5.41, 5.74) is 0. The van der Waals surface area contributed by atoms with E-state index in [0.717, 1.165) is 35.6 Å². The van der Waals surface area contributed by atoms with Crippen LogP contribution < -0.4 is 5.32 Å². The summed E-state index contributed by atoms with van der Waals surface area (Å²) in [6, 6.07) is 1.47. The van der Waals surface area contributed by atoms with Crippen molar-refractivity contribution in [2.24, 2.45) is 29.6 Å². The van der Waals surface area contributed by atoms with E-state index in [4.69, 9.17) is 0 Å². The van der Waals surface area contributed by atoms with Crippen molar-refractivity contribution < 1.29 is 0 Å². The molecule has 1 heteroatoms. The summed E-state index contributed by atoms with van der Waals surface area (Å²) < 4.78 is 0. The number of hydrogen-bond donors (Lipinski definition) is 1. The van der Waals surface area contributed by atoms with Gasteiger partial charge in [0.2, 0.25) is 0 Å². The first-order valence-corrected chi connectivity index (χ1v) is 9.05. The molecule has 20 heavy (non-hydrogen) atoms. The van der Waals surface area contributed by atoms with E-state index < -0.39 is 0 Å². The fourth-order valence-corrected chi connectivity index (χ4v) is 4.07. The van der Waals surface area contributed by atoms with Crippen molar-refractivity contribution in [1.29, 1.82) is 0 Å². The summed E-state index contributed by atoms with van der Waals surface area (Å²) in [4.78, 5) is 0. The SMILES string of the molecule is CC(C)CC(CC(C)C)NC1CC(C)CCC1C(C)C. The van der Waals surface area contributed by atoms with Crippen molar-refractivity contribution in [3.05, 3.63) is 0 Å². The average molecular weight is 282 g/mol. The van der Waals surface area contributed by atoms with E-state index >= 15 is 0 Å². The third-order valence-electron chi connectivity index (χ3n) is 4.98. The molecule has 1 saturated carbocycles. The quantitative estimate of drug-likeness (QED) is 0.650. The Labute approximate surface area is 128 Å². The lowest BCUT2D eigenvalue weighted by atomic mass is 9.73. The molecule has 1 rings (SSSR count). The van der Waals surface area contributed by atoms with Gasteiger partial charge >= 0.3 is 0 Å². The summed E-state index contributed by atoms with van der Waals surface area (Å²) >= 11 is 0. The van der Waals surface area contributed by atoms with Crippen molar-refractivity contribution in [3.8, 4) is 0 Å². The molecule has 1 fully saturated rings. The van der Waals surface area contributed by atoms with Crippen molar-refractivity contribution >= 4 is 0 Å². The van der Waals surface area contributed by atoms with Crippen LogP contribution in [0.3, 0.4) is 0 Å². The molecular formula is C19H39N.